The number of nitrogens with one attached hydrogen (secondary N) is 2. The standard InChI is InChI=1S/C20H28N4OS/c1-2-21-20(23-15-19-7-4-12-26-19)22-14-17-5-3-6-18(13-17)16-24-8-10-25-11-9-24/h3-7,12-13H,2,8-11,14-16H2,1H3,(H2,21,22,23). The number of aliphatic imine (C=N–C) groups is 1. The normalized spacial score (nSPS) is 15.8. The summed E-state index contributed by atoms with van der Waals surface area (Å²) < 4.78 is 5.43. The Morgan fingerprint density at radius 2 is 2.00 bits per heavy atom. The molecule has 0 aliphatic carbocycles. The Kier molecular flexibility index (Phi) is 7.49. The highest BCUT2D eigenvalue weighted by Gasteiger charge is 2.10. The molecule has 0 radical (unpaired) electrons. The fourth-order valence-electron chi connectivity index (χ4n) is 2.94. The topological polar surface area (TPSA) is 48.9 Å². The maximum Gasteiger partial charge on any atom is 0.191 e. The summed E-state index contributed by atoms with van der Waals surface area (Å²) in [6.45, 7) is 9.12. The molecule has 6 heteroatoms. The molecule has 1 saturated heterocycles. The van der Waals surface area contributed by atoms with E-state index in [4.69, 9.17) is 9.73 Å². The summed E-state index contributed by atoms with van der Waals surface area (Å²) >= 11 is 1.76. The van der Waals surface area contributed by atoms with Gasteiger partial charge in [0.2, 0.25) is 0 Å². The molecule has 0 bridgehead atoms. The maximum atomic E-state index is 5.43. The van der Waals surface area contributed by atoms with Crippen molar-refractivity contribution in [2.75, 3.05) is 32.8 Å². The minimum Gasteiger partial charge on any atom is -0.379 e. The van der Waals surface area contributed by atoms with Crippen LogP contribution in [0.5, 0.6) is 0 Å². The van der Waals surface area contributed by atoms with Crippen LogP contribution in [0, 0.1) is 0 Å². The van der Waals surface area contributed by atoms with E-state index in [1.807, 2.05) is 0 Å². The average molecular weight is 373 g/mol. The third-order valence-electron chi connectivity index (χ3n) is 4.28. The van der Waals surface area contributed by atoms with Crippen molar-refractivity contribution < 1.29 is 4.74 Å². The Morgan fingerprint density at radius 1 is 1.15 bits per heavy atom. The van der Waals surface area contributed by atoms with Crippen LogP contribution in [0.1, 0.15) is 22.9 Å². The molecular formula is C20H28N4OS. The molecule has 1 aromatic carbocycles. The lowest BCUT2D eigenvalue weighted by atomic mass is 10.1. The van der Waals surface area contributed by atoms with Crippen molar-refractivity contribution in [2.45, 2.75) is 26.6 Å². The number of nitrogens with zero attached hydrogens (tertiary/aromatic N) is 2. The zero-order valence-corrected chi connectivity index (χ0v) is 16.2. The van der Waals surface area contributed by atoms with Crippen molar-refractivity contribution in [3.63, 3.8) is 0 Å². The van der Waals surface area contributed by atoms with E-state index in [-0.39, 0.29) is 0 Å². The molecular weight excluding hydrogens is 344 g/mol. The zero-order chi connectivity index (χ0) is 18.0. The second-order valence-corrected chi connectivity index (χ2v) is 7.37. The van der Waals surface area contributed by atoms with Crippen molar-refractivity contribution in [2.24, 2.45) is 4.99 Å². The summed E-state index contributed by atoms with van der Waals surface area (Å²) in [4.78, 5) is 8.49. The van der Waals surface area contributed by atoms with Gasteiger partial charge in [-0.2, -0.15) is 0 Å². The number of benzene rings is 1. The fraction of sp³-hybridized carbons (Fsp3) is 0.450. The Bertz CT molecular complexity index is 681. The summed E-state index contributed by atoms with van der Waals surface area (Å²) in [6.07, 6.45) is 0. The van der Waals surface area contributed by atoms with Crippen LogP contribution in [0.4, 0.5) is 0 Å². The van der Waals surface area contributed by atoms with E-state index in [0.717, 1.165) is 51.9 Å². The first kappa shape index (κ1) is 18.9. The van der Waals surface area contributed by atoms with Crippen molar-refractivity contribution in [3.05, 3.63) is 57.8 Å². The Labute approximate surface area is 160 Å². The van der Waals surface area contributed by atoms with Crippen LogP contribution in [0.2, 0.25) is 0 Å². The molecule has 2 aromatic rings. The van der Waals surface area contributed by atoms with Crippen molar-refractivity contribution in [1.82, 2.24) is 15.5 Å². The first-order valence-electron chi connectivity index (χ1n) is 9.26. The molecule has 1 aromatic heterocycles. The van der Waals surface area contributed by atoms with Gasteiger partial charge in [0.25, 0.3) is 0 Å². The number of rotatable bonds is 7. The smallest absolute Gasteiger partial charge is 0.191 e. The SMILES string of the molecule is CCNC(=NCc1cccc(CN2CCOCC2)c1)NCc1cccs1. The van der Waals surface area contributed by atoms with E-state index >= 15 is 0 Å². The highest BCUT2D eigenvalue weighted by atomic mass is 32.1. The van der Waals surface area contributed by atoms with Gasteiger partial charge in [-0.1, -0.05) is 30.3 Å². The highest BCUT2D eigenvalue weighted by Crippen LogP contribution is 2.11. The highest BCUT2D eigenvalue weighted by molar-refractivity contribution is 7.09. The number of ether oxygens (including phenoxy) is 1. The van der Waals surface area contributed by atoms with Gasteiger partial charge >= 0.3 is 0 Å². The average Bonchev–Trinajstić information content (AvgIpc) is 3.19. The third kappa shape index (κ3) is 6.12. The predicted molar refractivity (Wildman–Crippen MR) is 109 cm³/mol. The Morgan fingerprint density at radius 3 is 2.77 bits per heavy atom. The number of guanidine groups is 1. The minimum atomic E-state index is 0.677. The van der Waals surface area contributed by atoms with Crippen molar-refractivity contribution in [1.29, 1.82) is 0 Å². The molecule has 1 aliphatic heterocycles. The van der Waals surface area contributed by atoms with E-state index in [2.05, 4.69) is 64.2 Å². The molecule has 1 aliphatic rings. The van der Waals surface area contributed by atoms with Gasteiger partial charge < -0.3 is 15.4 Å². The monoisotopic (exact) mass is 372 g/mol. The Hall–Kier alpha value is -1.89. The second-order valence-electron chi connectivity index (χ2n) is 6.34. The van der Waals surface area contributed by atoms with E-state index in [1.165, 1.54) is 16.0 Å². The van der Waals surface area contributed by atoms with Gasteiger partial charge in [-0.3, -0.25) is 4.90 Å². The van der Waals surface area contributed by atoms with Crippen LogP contribution in [0.25, 0.3) is 0 Å². The van der Waals surface area contributed by atoms with Gasteiger partial charge in [0.15, 0.2) is 5.96 Å². The second kappa shape index (κ2) is 10.3. The van der Waals surface area contributed by atoms with Crippen molar-refractivity contribution in [3.8, 4) is 0 Å². The Balaban J connectivity index is 1.56. The molecule has 3 rings (SSSR count). The molecule has 140 valence electrons. The van der Waals surface area contributed by atoms with Crippen LogP contribution in [-0.2, 0) is 24.4 Å². The third-order valence-corrected chi connectivity index (χ3v) is 5.15. The fourth-order valence-corrected chi connectivity index (χ4v) is 3.58. The predicted octanol–water partition coefficient (Wildman–Crippen LogP) is 2.84. The summed E-state index contributed by atoms with van der Waals surface area (Å²) in [6, 6.07) is 13.0. The molecule has 2 N–H and O–H groups in total. The molecule has 0 saturated carbocycles. The van der Waals surface area contributed by atoms with Crippen LogP contribution >= 0.6 is 11.3 Å². The lowest BCUT2D eigenvalue weighted by Crippen LogP contribution is -2.36. The summed E-state index contributed by atoms with van der Waals surface area (Å²) in [7, 11) is 0. The summed E-state index contributed by atoms with van der Waals surface area (Å²) in [5.41, 5.74) is 2.58. The van der Waals surface area contributed by atoms with Crippen LogP contribution in [0.15, 0.2) is 46.8 Å². The number of hydrogen-bond donors (Lipinski definition) is 2. The lowest BCUT2D eigenvalue weighted by molar-refractivity contribution is 0.0342. The van der Waals surface area contributed by atoms with E-state index in [9.17, 15) is 0 Å². The summed E-state index contributed by atoms with van der Waals surface area (Å²) in [5.74, 6) is 0.861. The molecule has 0 amide bonds. The first-order valence-corrected chi connectivity index (χ1v) is 10.1. The van der Waals surface area contributed by atoms with E-state index < -0.39 is 0 Å². The molecule has 5 nitrogen and oxygen atoms in total. The maximum absolute atomic E-state index is 5.43. The van der Waals surface area contributed by atoms with E-state index in [1.54, 1.807) is 11.3 Å². The molecule has 1 fully saturated rings. The zero-order valence-electron chi connectivity index (χ0n) is 15.4. The quantitative estimate of drug-likeness (QED) is 0.580. The molecule has 0 atom stereocenters. The van der Waals surface area contributed by atoms with Gasteiger partial charge in [-0.05, 0) is 29.5 Å². The molecule has 26 heavy (non-hydrogen) atoms. The van der Waals surface area contributed by atoms with E-state index in [0.29, 0.717) is 6.54 Å². The minimum absolute atomic E-state index is 0.677. The number of morpholine rings is 1. The van der Waals surface area contributed by atoms with Gasteiger partial charge in [-0.15, -0.1) is 11.3 Å². The largest absolute Gasteiger partial charge is 0.379 e. The van der Waals surface area contributed by atoms with Crippen LogP contribution in [-0.4, -0.2) is 43.7 Å². The van der Waals surface area contributed by atoms with Crippen LogP contribution in [0.3, 0.4) is 0 Å². The molecule has 0 unspecified atom stereocenters. The summed E-state index contributed by atoms with van der Waals surface area (Å²) in [5, 5.41) is 8.82. The first-order chi connectivity index (χ1) is 12.8. The van der Waals surface area contributed by atoms with Gasteiger partial charge in [-0.25, -0.2) is 4.99 Å². The number of thiophene rings is 1. The molecule has 0 spiro atoms. The van der Waals surface area contributed by atoms with Crippen LogP contribution < -0.4 is 10.6 Å². The van der Waals surface area contributed by atoms with Crippen molar-refractivity contribution >= 4 is 17.3 Å². The molecule has 2 heterocycles. The number of hydrogen-bond acceptors (Lipinski definition) is 4. The lowest BCUT2D eigenvalue weighted by Gasteiger charge is -2.26. The van der Waals surface area contributed by atoms with Gasteiger partial charge in [0.1, 0.15) is 0 Å². The van der Waals surface area contributed by atoms with Gasteiger partial charge in [0.05, 0.1) is 26.3 Å². The van der Waals surface area contributed by atoms with Gasteiger partial charge in [0, 0.05) is 31.1 Å².